The van der Waals surface area contributed by atoms with Crippen LogP contribution in [0.25, 0.3) is 22.1 Å². The van der Waals surface area contributed by atoms with Gasteiger partial charge in [-0.25, -0.2) is 4.99 Å². The van der Waals surface area contributed by atoms with E-state index in [0.717, 1.165) is 28.8 Å². The van der Waals surface area contributed by atoms with Crippen LogP contribution in [0, 0.1) is 5.92 Å². The van der Waals surface area contributed by atoms with E-state index < -0.39 is 0 Å². The van der Waals surface area contributed by atoms with Crippen LogP contribution in [0.2, 0.25) is 0 Å². The first-order valence-corrected chi connectivity index (χ1v) is 10.0. The van der Waals surface area contributed by atoms with Crippen molar-refractivity contribution in [3.05, 3.63) is 90.2 Å². The number of benzene rings is 3. The maximum atomic E-state index is 6.65. The third kappa shape index (κ3) is 2.76. The highest BCUT2D eigenvalue weighted by atomic mass is 35.5. The van der Waals surface area contributed by atoms with E-state index in [1.165, 1.54) is 16.7 Å². The average molecular weight is 386 g/mol. The predicted molar refractivity (Wildman–Crippen MR) is 117 cm³/mol. The van der Waals surface area contributed by atoms with E-state index >= 15 is 0 Å². The molecule has 5 rings (SSSR count). The minimum atomic E-state index is 0.0715. The van der Waals surface area contributed by atoms with Crippen LogP contribution in [-0.2, 0) is 0 Å². The zero-order valence-electron chi connectivity index (χ0n) is 15.6. The van der Waals surface area contributed by atoms with E-state index in [2.05, 4.69) is 55.5 Å². The summed E-state index contributed by atoms with van der Waals surface area (Å²) in [5.74, 6) is 1.12. The summed E-state index contributed by atoms with van der Waals surface area (Å²) in [4.78, 5) is 4.72. The van der Waals surface area contributed by atoms with Gasteiger partial charge in [-0.3, -0.25) is 0 Å². The van der Waals surface area contributed by atoms with Crippen molar-refractivity contribution in [1.82, 2.24) is 0 Å². The average Bonchev–Trinajstić information content (AvgIpc) is 3.11. The van der Waals surface area contributed by atoms with Gasteiger partial charge < -0.3 is 4.42 Å². The molecule has 2 heterocycles. The summed E-state index contributed by atoms with van der Waals surface area (Å²) >= 11 is 6.65. The van der Waals surface area contributed by atoms with Crippen molar-refractivity contribution in [2.45, 2.75) is 19.3 Å². The van der Waals surface area contributed by atoms with Gasteiger partial charge in [0.15, 0.2) is 0 Å². The highest BCUT2D eigenvalue weighted by Gasteiger charge is 2.36. The normalized spacial score (nSPS) is 18.7. The molecule has 1 aliphatic heterocycles. The molecule has 1 aromatic heterocycles. The molecule has 0 bridgehead atoms. The van der Waals surface area contributed by atoms with E-state index in [4.69, 9.17) is 21.0 Å². The van der Waals surface area contributed by atoms with Gasteiger partial charge in [0.25, 0.3) is 0 Å². The summed E-state index contributed by atoms with van der Waals surface area (Å²) in [6.07, 6.45) is 0.907. The number of fused-ring (bicyclic) bond motifs is 3. The van der Waals surface area contributed by atoms with Gasteiger partial charge in [-0.1, -0.05) is 85.3 Å². The topological polar surface area (TPSA) is 25.5 Å². The molecule has 0 saturated heterocycles. The molecule has 28 heavy (non-hydrogen) atoms. The van der Waals surface area contributed by atoms with Gasteiger partial charge in [0.05, 0.1) is 5.92 Å². The first-order chi connectivity index (χ1) is 13.8. The molecule has 4 aromatic rings. The second-order valence-corrected chi connectivity index (χ2v) is 7.61. The van der Waals surface area contributed by atoms with Gasteiger partial charge in [-0.15, -0.1) is 0 Å². The molecular weight excluding hydrogens is 366 g/mol. The van der Waals surface area contributed by atoms with Crippen LogP contribution < -0.4 is 0 Å². The Morgan fingerprint density at radius 2 is 1.54 bits per heavy atom. The molecular formula is C25H20ClNO. The van der Waals surface area contributed by atoms with Gasteiger partial charge in [-0.05, 0) is 35.2 Å². The van der Waals surface area contributed by atoms with Crippen molar-refractivity contribution in [1.29, 1.82) is 0 Å². The molecule has 2 atom stereocenters. The molecule has 0 N–H and O–H groups in total. The highest BCUT2D eigenvalue weighted by molar-refractivity contribution is 6.66. The molecule has 3 heteroatoms. The van der Waals surface area contributed by atoms with Crippen LogP contribution in [0.15, 0.2) is 88.3 Å². The maximum absolute atomic E-state index is 6.65. The van der Waals surface area contributed by atoms with Crippen molar-refractivity contribution < 1.29 is 4.42 Å². The molecule has 0 spiro atoms. The quantitative estimate of drug-likeness (QED) is 0.357. The van der Waals surface area contributed by atoms with Crippen LogP contribution in [0.5, 0.6) is 0 Å². The third-order valence-corrected chi connectivity index (χ3v) is 5.99. The Kier molecular flexibility index (Phi) is 4.29. The maximum Gasteiger partial charge on any atom is 0.139 e. The van der Waals surface area contributed by atoms with E-state index in [1.807, 2.05) is 30.3 Å². The summed E-state index contributed by atoms with van der Waals surface area (Å²) in [6, 6.07) is 27.2. The Balaban J connectivity index is 1.63. The summed E-state index contributed by atoms with van der Waals surface area (Å²) in [5, 5.41) is 1.69. The second kappa shape index (κ2) is 6.96. The number of halogens is 1. The standard InChI is InChI=1S/C25H20ClNO/c1-2-19-22(18-14-12-17(13-15-18)16-8-4-3-5-9-16)24-23(27-25(19)26)20-10-6-7-11-21(20)28-24/h3-15,19,22H,2H2,1H3. The number of furan rings is 1. The molecule has 2 unspecified atom stereocenters. The van der Waals surface area contributed by atoms with Gasteiger partial charge in [-0.2, -0.15) is 0 Å². The third-order valence-electron chi connectivity index (χ3n) is 5.62. The van der Waals surface area contributed by atoms with Crippen molar-refractivity contribution in [2.75, 3.05) is 0 Å². The van der Waals surface area contributed by atoms with Crippen LogP contribution >= 0.6 is 11.6 Å². The predicted octanol–water partition coefficient (Wildman–Crippen LogP) is 7.54. The molecule has 0 aliphatic carbocycles. The highest BCUT2D eigenvalue weighted by Crippen LogP contribution is 2.48. The molecule has 0 fully saturated rings. The summed E-state index contributed by atoms with van der Waals surface area (Å²) in [7, 11) is 0. The molecule has 0 amide bonds. The fourth-order valence-corrected chi connectivity index (χ4v) is 4.55. The lowest BCUT2D eigenvalue weighted by Crippen LogP contribution is -2.22. The number of aliphatic imine (C=N–C) groups is 1. The number of hydrogen-bond donors (Lipinski definition) is 0. The fourth-order valence-electron chi connectivity index (χ4n) is 4.19. The Bertz CT molecular complexity index is 1160. The summed E-state index contributed by atoms with van der Waals surface area (Å²) in [5.41, 5.74) is 5.37. The van der Waals surface area contributed by atoms with Crippen LogP contribution in [0.3, 0.4) is 0 Å². The van der Waals surface area contributed by atoms with Crippen LogP contribution in [0.1, 0.15) is 30.6 Å². The smallest absolute Gasteiger partial charge is 0.139 e. The Hall–Kier alpha value is -2.84. The molecule has 2 nitrogen and oxygen atoms in total. The molecule has 3 aromatic carbocycles. The number of hydrogen-bond acceptors (Lipinski definition) is 2. The van der Waals surface area contributed by atoms with Gasteiger partial charge in [0, 0.05) is 11.3 Å². The van der Waals surface area contributed by atoms with E-state index in [1.54, 1.807) is 0 Å². The minimum absolute atomic E-state index is 0.0715. The first-order valence-electron chi connectivity index (χ1n) is 9.67. The zero-order valence-corrected chi connectivity index (χ0v) is 16.4. The van der Waals surface area contributed by atoms with Gasteiger partial charge in [0.2, 0.25) is 0 Å². The van der Waals surface area contributed by atoms with Gasteiger partial charge in [0.1, 0.15) is 22.2 Å². The zero-order chi connectivity index (χ0) is 19.1. The molecule has 1 aliphatic rings. The second-order valence-electron chi connectivity index (χ2n) is 7.23. The minimum Gasteiger partial charge on any atom is -0.458 e. The lowest BCUT2D eigenvalue weighted by Gasteiger charge is -2.28. The van der Waals surface area contributed by atoms with Crippen LogP contribution in [-0.4, -0.2) is 5.17 Å². The van der Waals surface area contributed by atoms with E-state index in [9.17, 15) is 0 Å². The SMILES string of the molecule is CCC1C(Cl)=Nc2c(oc3ccccc23)C1c1ccc(-c2ccccc2)cc1. The fraction of sp³-hybridized carbons (Fsp3) is 0.160. The largest absolute Gasteiger partial charge is 0.458 e. The van der Waals surface area contributed by atoms with Crippen molar-refractivity contribution in [3.63, 3.8) is 0 Å². The lowest BCUT2D eigenvalue weighted by molar-refractivity contribution is 0.462. The van der Waals surface area contributed by atoms with Gasteiger partial charge >= 0.3 is 0 Å². The van der Waals surface area contributed by atoms with Crippen molar-refractivity contribution in [3.8, 4) is 11.1 Å². The molecule has 0 saturated carbocycles. The Morgan fingerprint density at radius 3 is 2.29 bits per heavy atom. The number of rotatable bonds is 3. The monoisotopic (exact) mass is 385 g/mol. The Morgan fingerprint density at radius 1 is 0.857 bits per heavy atom. The molecule has 138 valence electrons. The number of para-hydroxylation sites is 1. The summed E-state index contributed by atoms with van der Waals surface area (Å²) < 4.78 is 6.29. The van der Waals surface area contributed by atoms with Crippen LogP contribution in [0.4, 0.5) is 5.69 Å². The first kappa shape index (κ1) is 17.3. The number of nitrogens with zero attached hydrogens (tertiary/aromatic N) is 1. The van der Waals surface area contributed by atoms with E-state index in [-0.39, 0.29) is 11.8 Å². The van der Waals surface area contributed by atoms with Crippen molar-refractivity contribution in [2.24, 2.45) is 10.9 Å². The van der Waals surface area contributed by atoms with Crippen molar-refractivity contribution >= 4 is 33.4 Å². The summed E-state index contributed by atoms with van der Waals surface area (Å²) in [6.45, 7) is 2.15. The molecule has 0 radical (unpaired) electrons. The Labute approximate surface area is 169 Å². The lowest BCUT2D eigenvalue weighted by atomic mass is 9.80. The van der Waals surface area contributed by atoms with E-state index in [0.29, 0.717) is 5.17 Å².